The number of para-hydroxylation sites is 6. The molecule has 0 unspecified atom stereocenters. The standard InChI is InChI=1S/C42H35N5.C33H24N4.C13H9BrN2/c1-26-16-18-37-32(20-26)34-24-35-33-21-27(2)17-19-38(33)47(31-13-9-11-29(23-31)45-25-43-36-14-6-7-15-39(36)45)41(35)44-40(34)46(37)30-12-8-10-28(22-30)42(3,4)5;1-20-10-12-22-16-30-26(25(22)14-20)18-28-27-15-21(2)11-13-31(27)37(33(28)35-30)24-7-5-6-23(17-24)36-19-34-29-8-3-4-9-32(29)36;14-10-4-3-5-11(8-10)16-9-15-12-6-1-2-7-13(12)16/h6-25H,1-5H3;3-15,17-19H,16H2,1-2H3;1-9H. The van der Waals surface area contributed by atoms with E-state index in [1.54, 1.807) is 0 Å². The molecule has 8 heterocycles. The first-order chi connectivity index (χ1) is 48.7. The number of halogens is 1. The van der Waals surface area contributed by atoms with E-state index in [1.165, 1.54) is 71.6 Å². The summed E-state index contributed by atoms with van der Waals surface area (Å²) in [7, 11) is 0. The van der Waals surface area contributed by atoms with Crippen LogP contribution in [0.25, 0.3) is 144 Å². The van der Waals surface area contributed by atoms with E-state index >= 15 is 0 Å². The topological polar surface area (TPSA) is 94.0 Å². The fraction of sp³-hybridized carbons (Fsp3) is 0.102. The second-order valence-electron chi connectivity index (χ2n) is 27.6. The third-order valence-electron chi connectivity index (χ3n) is 19.8. The van der Waals surface area contributed by atoms with Crippen molar-refractivity contribution in [3.05, 3.63) is 317 Å². The van der Waals surface area contributed by atoms with Crippen LogP contribution >= 0.6 is 15.9 Å². The van der Waals surface area contributed by atoms with Gasteiger partial charge in [-0.1, -0.05) is 162 Å². The van der Waals surface area contributed by atoms with Crippen LogP contribution in [0.1, 0.15) is 59.8 Å². The molecule has 0 radical (unpaired) electrons. The summed E-state index contributed by atoms with van der Waals surface area (Å²) >= 11 is 3.48. The maximum Gasteiger partial charge on any atom is 0.148 e. The van der Waals surface area contributed by atoms with Gasteiger partial charge in [0.05, 0.1) is 55.3 Å². The zero-order chi connectivity index (χ0) is 67.7. The van der Waals surface area contributed by atoms with Crippen molar-refractivity contribution < 1.29 is 0 Å². The summed E-state index contributed by atoms with van der Waals surface area (Å²) in [4.78, 5) is 24.6. The average Bonchev–Trinajstić information content (AvgIpc) is 1.56. The highest BCUT2D eigenvalue weighted by Crippen LogP contribution is 2.43. The van der Waals surface area contributed by atoms with E-state index in [0.29, 0.717) is 0 Å². The fourth-order valence-electron chi connectivity index (χ4n) is 14.9. The van der Waals surface area contributed by atoms with Crippen LogP contribution < -0.4 is 0 Å². The molecule has 19 aromatic rings. The Morgan fingerprint density at radius 1 is 0.320 bits per heavy atom. The average molecular weight is 1360 g/mol. The van der Waals surface area contributed by atoms with Gasteiger partial charge in [-0.2, -0.15) is 0 Å². The lowest BCUT2D eigenvalue weighted by molar-refractivity contribution is 0.590. The second kappa shape index (κ2) is 23.6. The molecule has 0 fully saturated rings. The Morgan fingerprint density at radius 2 is 0.720 bits per heavy atom. The molecule has 0 bridgehead atoms. The van der Waals surface area contributed by atoms with Crippen LogP contribution in [0.5, 0.6) is 0 Å². The number of aryl methyl sites for hydroxylation is 4. The number of imidazole rings is 3. The first-order valence-electron chi connectivity index (χ1n) is 34.0. The highest BCUT2D eigenvalue weighted by atomic mass is 79.9. The summed E-state index contributed by atoms with van der Waals surface area (Å²) in [6.45, 7) is 15.5. The van der Waals surface area contributed by atoms with Gasteiger partial charge in [0.25, 0.3) is 0 Å². The number of pyridine rings is 2. The SMILES string of the molecule is Brc1cccc(-n2cnc3ccccc32)c1.Cc1ccc2c(c1)-c1cc3c4cc(C)ccc4n(-c4cccc(-n5cnc6ccccc65)c4)c3nc1C2.Cc1ccc2c(c1)c1cc3c4cc(C)ccc4n(-c4cccc(C(C)(C)C)c4)c3nc1n2-c1cccc(-n2cnc3ccccc32)c1. The van der Waals surface area contributed by atoms with Gasteiger partial charge in [-0.05, 0) is 201 Å². The van der Waals surface area contributed by atoms with Gasteiger partial charge in [-0.15, -0.1) is 0 Å². The van der Waals surface area contributed by atoms with Crippen LogP contribution in [0, 0.1) is 27.7 Å². The first kappa shape index (κ1) is 60.4. The van der Waals surface area contributed by atoms with Crippen molar-refractivity contribution in [3.63, 3.8) is 0 Å². The van der Waals surface area contributed by atoms with Crippen LogP contribution in [-0.2, 0) is 11.8 Å². The van der Waals surface area contributed by atoms with Crippen LogP contribution in [0.3, 0.4) is 0 Å². The summed E-state index contributed by atoms with van der Waals surface area (Å²) < 4.78 is 14.5. The Morgan fingerprint density at radius 3 is 1.20 bits per heavy atom. The quantitative estimate of drug-likeness (QED) is 0.165. The molecule has 482 valence electrons. The second-order valence-corrected chi connectivity index (χ2v) is 28.5. The predicted molar refractivity (Wildman–Crippen MR) is 415 cm³/mol. The van der Waals surface area contributed by atoms with Crippen LogP contribution in [0.4, 0.5) is 0 Å². The molecule has 0 saturated carbocycles. The molecular weight excluding hydrogens is 1290 g/mol. The number of hydrogen-bond donors (Lipinski definition) is 0. The Balaban J connectivity index is 0.000000120. The van der Waals surface area contributed by atoms with Gasteiger partial charge in [-0.3, -0.25) is 27.4 Å². The monoisotopic (exact) mass is 1360 g/mol. The van der Waals surface area contributed by atoms with Gasteiger partial charge < -0.3 is 0 Å². The third kappa shape index (κ3) is 10.3. The highest BCUT2D eigenvalue weighted by molar-refractivity contribution is 9.10. The largest absolute Gasteiger partial charge is 0.299 e. The van der Waals surface area contributed by atoms with Crippen molar-refractivity contribution in [2.75, 3.05) is 0 Å². The normalized spacial score (nSPS) is 12.2. The lowest BCUT2D eigenvalue weighted by Crippen LogP contribution is -2.11. The lowest BCUT2D eigenvalue weighted by atomic mass is 9.87. The van der Waals surface area contributed by atoms with Gasteiger partial charge >= 0.3 is 0 Å². The molecule has 100 heavy (non-hydrogen) atoms. The number of fused-ring (bicyclic) bond motifs is 15. The number of rotatable bonds is 6. The summed E-state index contributed by atoms with van der Waals surface area (Å²) in [5.74, 6) is 0. The summed E-state index contributed by atoms with van der Waals surface area (Å²) in [6.07, 6.45) is 6.55. The number of nitrogens with zero attached hydrogens (tertiary/aromatic N) is 11. The number of aromatic nitrogens is 11. The minimum Gasteiger partial charge on any atom is -0.299 e. The van der Waals surface area contributed by atoms with Gasteiger partial charge in [0.1, 0.15) is 35.9 Å². The summed E-state index contributed by atoms with van der Waals surface area (Å²) in [5.41, 5.74) is 30.7. The number of hydrogen-bond acceptors (Lipinski definition) is 5. The Bertz CT molecular complexity index is 6520. The highest BCUT2D eigenvalue weighted by Gasteiger charge is 2.26. The smallest absolute Gasteiger partial charge is 0.148 e. The van der Waals surface area contributed by atoms with Crippen LogP contribution in [0.2, 0.25) is 0 Å². The minimum atomic E-state index is 0.0297. The molecule has 1 aliphatic rings. The molecule has 12 heteroatoms. The predicted octanol–water partition coefficient (Wildman–Crippen LogP) is 22.0. The Kier molecular flexibility index (Phi) is 14.3. The zero-order valence-electron chi connectivity index (χ0n) is 56.5. The molecule has 0 spiro atoms. The van der Waals surface area contributed by atoms with Crippen LogP contribution in [0.15, 0.2) is 278 Å². The van der Waals surface area contributed by atoms with Crippen molar-refractivity contribution in [1.82, 2.24) is 52.3 Å². The van der Waals surface area contributed by atoms with Crippen molar-refractivity contribution >= 4 is 115 Å². The van der Waals surface area contributed by atoms with E-state index in [-0.39, 0.29) is 5.41 Å². The van der Waals surface area contributed by atoms with Crippen molar-refractivity contribution in [1.29, 1.82) is 0 Å². The minimum absolute atomic E-state index is 0.0297. The third-order valence-corrected chi connectivity index (χ3v) is 20.3. The molecule has 0 aliphatic heterocycles. The van der Waals surface area contributed by atoms with E-state index in [0.717, 1.165) is 123 Å². The zero-order valence-corrected chi connectivity index (χ0v) is 58.1. The van der Waals surface area contributed by atoms with Crippen LogP contribution in [-0.4, -0.2) is 52.3 Å². The van der Waals surface area contributed by atoms with E-state index in [2.05, 4.69) is 319 Å². The van der Waals surface area contributed by atoms with E-state index in [9.17, 15) is 0 Å². The lowest BCUT2D eigenvalue weighted by Gasteiger charge is -2.20. The molecule has 11 nitrogen and oxygen atoms in total. The van der Waals surface area contributed by atoms with E-state index < -0.39 is 0 Å². The summed E-state index contributed by atoms with van der Waals surface area (Å²) in [6, 6.07) is 90.8. The molecule has 0 atom stereocenters. The van der Waals surface area contributed by atoms with E-state index in [1.807, 2.05) is 61.4 Å². The molecule has 0 N–H and O–H groups in total. The van der Waals surface area contributed by atoms with Crippen molar-refractivity contribution in [3.8, 4) is 45.3 Å². The molecule has 0 amide bonds. The van der Waals surface area contributed by atoms with Gasteiger partial charge in [0.15, 0.2) is 0 Å². The molecule has 11 aromatic carbocycles. The van der Waals surface area contributed by atoms with Crippen molar-refractivity contribution in [2.45, 2.75) is 60.3 Å². The van der Waals surface area contributed by atoms with Gasteiger partial charge in [0, 0.05) is 82.9 Å². The molecule has 0 saturated heterocycles. The molecular formula is C88H68BrN11. The Labute approximate surface area is 586 Å². The molecule has 1 aliphatic carbocycles. The molecule has 20 rings (SSSR count). The van der Waals surface area contributed by atoms with Gasteiger partial charge in [0.2, 0.25) is 0 Å². The van der Waals surface area contributed by atoms with E-state index in [4.69, 9.17) is 9.97 Å². The summed E-state index contributed by atoms with van der Waals surface area (Å²) in [5, 5.41) is 7.18. The first-order valence-corrected chi connectivity index (χ1v) is 34.8. The molecule has 8 aromatic heterocycles. The maximum absolute atomic E-state index is 5.61. The Hall–Kier alpha value is -12.0. The fourth-order valence-corrected chi connectivity index (χ4v) is 15.3. The van der Waals surface area contributed by atoms with Gasteiger partial charge in [-0.25, -0.2) is 24.9 Å². The maximum atomic E-state index is 5.61. The van der Waals surface area contributed by atoms with Crippen molar-refractivity contribution in [2.24, 2.45) is 0 Å². The number of benzene rings is 11.